The number of ether oxygens (including phenoxy) is 1. The number of rotatable bonds is 6. The molecule has 5 rings (SSSR count). The summed E-state index contributed by atoms with van der Waals surface area (Å²) in [6.07, 6.45) is 1.49. The fourth-order valence-corrected chi connectivity index (χ4v) is 4.09. The standard InChI is InChI=1S/C30H29N7O4/c1-30(2,3)25-17-26(37(36-25)20-9-10-23-18(14-20)8-11-27(38)34-23)35-29(40)33-19-6-5-7-21(15-19)41-22-12-13-32-24(16-22)28(39)31-4/h5-17H,1-4H3,(H,31,39)(H,34,38)(H2,33,35,40). The first-order valence-electron chi connectivity index (χ1n) is 12.9. The molecule has 208 valence electrons. The van der Waals surface area contributed by atoms with Crippen molar-refractivity contribution in [2.45, 2.75) is 26.2 Å². The molecule has 0 atom stereocenters. The van der Waals surface area contributed by atoms with E-state index in [1.165, 1.54) is 25.4 Å². The van der Waals surface area contributed by atoms with Gasteiger partial charge in [-0.25, -0.2) is 9.48 Å². The van der Waals surface area contributed by atoms with Gasteiger partial charge in [-0.3, -0.25) is 19.9 Å². The van der Waals surface area contributed by atoms with Gasteiger partial charge >= 0.3 is 6.03 Å². The van der Waals surface area contributed by atoms with E-state index in [0.29, 0.717) is 28.5 Å². The molecule has 0 aliphatic heterocycles. The zero-order valence-electron chi connectivity index (χ0n) is 23.0. The molecule has 3 aromatic heterocycles. The quantitative estimate of drug-likeness (QED) is 0.228. The molecule has 4 N–H and O–H groups in total. The number of anilines is 2. The Morgan fingerprint density at radius 1 is 0.927 bits per heavy atom. The van der Waals surface area contributed by atoms with Gasteiger partial charge in [0.05, 0.1) is 11.4 Å². The minimum atomic E-state index is -0.473. The maximum Gasteiger partial charge on any atom is 0.324 e. The lowest BCUT2D eigenvalue weighted by Crippen LogP contribution is -2.21. The van der Waals surface area contributed by atoms with E-state index in [2.05, 4.69) is 25.9 Å². The Bertz CT molecular complexity index is 1820. The van der Waals surface area contributed by atoms with E-state index in [1.807, 2.05) is 39.0 Å². The summed E-state index contributed by atoms with van der Waals surface area (Å²) in [7, 11) is 1.53. The molecular formula is C30H29N7O4. The summed E-state index contributed by atoms with van der Waals surface area (Å²) in [6, 6.07) is 20.2. The third kappa shape index (κ3) is 6.25. The van der Waals surface area contributed by atoms with E-state index in [1.54, 1.807) is 47.1 Å². The number of urea groups is 1. The summed E-state index contributed by atoms with van der Waals surface area (Å²) in [5, 5.41) is 13.9. The number of hydrogen-bond donors (Lipinski definition) is 4. The van der Waals surface area contributed by atoms with E-state index in [-0.39, 0.29) is 22.6 Å². The third-order valence-corrected chi connectivity index (χ3v) is 6.19. The number of benzene rings is 2. The van der Waals surface area contributed by atoms with Gasteiger partial charge in [0.15, 0.2) is 0 Å². The van der Waals surface area contributed by atoms with Gasteiger partial charge in [0, 0.05) is 59.5 Å². The Kier molecular flexibility index (Phi) is 7.26. The van der Waals surface area contributed by atoms with Crippen LogP contribution < -0.4 is 26.2 Å². The van der Waals surface area contributed by atoms with Crippen molar-refractivity contribution in [3.05, 3.63) is 101 Å². The summed E-state index contributed by atoms with van der Waals surface area (Å²) in [5.41, 5.74) is 2.49. The van der Waals surface area contributed by atoms with Gasteiger partial charge in [-0.05, 0) is 42.5 Å². The molecule has 5 aromatic rings. The van der Waals surface area contributed by atoms with Crippen LogP contribution in [0.3, 0.4) is 0 Å². The van der Waals surface area contributed by atoms with Crippen LogP contribution in [0, 0.1) is 0 Å². The lowest BCUT2D eigenvalue weighted by Gasteiger charge is -2.14. The number of H-pyrrole nitrogens is 1. The number of carbonyl (C=O) groups excluding carboxylic acids is 2. The molecule has 0 saturated carbocycles. The number of aromatic nitrogens is 4. The van der Waals surface area contributed by atoms with Crippen LogP contribution in [0.2, 0.25) is 0 Å². The predicted molar refractivity (Wildman–Crippen MR) is 157 cm³/mol. The summed E-state index contributed by atoms with van der Waals surface area (Å²) < 4.78 is 7.55. The highest BCUT2D eigenvalue weighted by atomic mass is 16.5. The van der Waals surface area contributed by atoms with E-state index < -0.39 is 6.03 Å². The van der Waals surface area contributed by atoms with E-state index in [0.717, 1.165) is 16.8 Å². The molecule has 0 fully saturated rings. The second kappa shape index (κ2) is 11.0. The largest absolute Gasteiger partial charge is 0.457 e. The zero-order valence-corrected chi connectivity index (χ0v) is 23.0. The van der Waals surface area contributed by atoms with Crippen LogP contribution in [0.4, 0.5) is 16.3 Å². The number of nitrogens with one attached hydrogen (secondary N) is 4. The molecule has 0 saturated heterocycles. The summed E-state index contributed by atoms with van der Waals surface area (Å²) in [5.74, 6) is 1.04. The molecule has 11 nitrogen and oxygen atoms in total. The molecule has 3 amide bonds. The van der Waals surface area contributed by atoms with Gasteiger partial charge in [-0.1, -0.05) is 26.8 Å². The molecule has 3 heterocycles. The first kappa shape index (κ1) is 27.1. The number of amides is 3. The highest BCUT2D eigenvalue weighted by Crippen LogP contribution is 2.28. The van der Waals surface area contributed by atoms with Crippen molar-refractivity contribution in [2.24, 2.45) is 0 Å². The van der Waals surface area contributed by atoms with Crippen LogP contribution in [0.5, 0.6) is 11.5 Å². The molecular weight excluding hydrogens is 522 g/mol. The van der Waals surface area contributed by atoms with Crippen molar-refractivity contribution in [1.29, 1.82) is 0 Å². The number of carbonyl (C=O) groups is 2. The second-order valence-electron chi connectivity index (χ2n) is 10.3. The number of fused-ring (bicyclic) bond motifs is 1. The third-order valence-electron chi connectivity index (χ3n) is 6.19. The zero-order chi connectivity index (χ0) is 29.1. The summed E-state index contributed by atoms with van der Waals surface area (Å²) in [4.78, 5) is 43.5. The number of pyridine rings is 2. The second-order valence-corrected chi connectivity index (χ2v) is 10.3. The first-order chi connectivity index (χ1) is 19.6. The van der Waals surface area contributed by atoms with Crippen LogP contribution >= 0.6 is 0 Å². The van der Waals surface area contributed by atoms with Crippen LogP contribution in [-0.4, -0.2) is 38.7 Å². The van der Waals surface area contributed by atoms with Crippen molar-refractivity contribution in [2.75, 3.05) is 17.7 Å². The number of hydrogen-bond acceptors (Lipinski definition) is 6. The Labute approximate surface area is 235 Å². The van der Waals surface area contributed by atoms with E-state index in [9.17, 15) is 14.4 Å². The van der Waals surface area contributed by atoms with Gasteiger partial charge in [0.2, 0.25) is 5.56 Å². The van der Waals surface area contributed by atoms with Gasteiger partial charge in [0.1, 0.15) is 23.0 Å². The maximum atomic E-state index is 13.1. The lowest BCUT2D eigenvalue weighted by atomic mass is 9.92. The van der Waals surface area contributed by atoms with Crippen LogP contribution in [0.25, 0.3) is 16.6 Å². The predicted octanol–water partition coefficient (Wildman–Crippen LogP) is 5.20. The molecule has 0 radical (unpaired) electrons. The molecule has 0 bridgehead atoms. The normalized spacial score (nSPS) is 11.2. The van der Waals surface area contributed by atoms with Gasteiger partial charge in [-0.2, -0.15) is 5.10 Å². The molecule has 41 heavy (non-hydrogen) atoms. The first-order valence-corrected chi connectivity index (χ1v) is 12.9. The Morgan fingerprint density at radius 3 is 2.51 bits per heavy atom. The Morgan fingerprint density at radius 2 is 1.73 bits per heavy atom. The smallest absolute Gasteiger partial charge is 0.324 e. The van der Waals surface area contributed by atoms with Gasteiger partial charge < -0.3 is 20.4 Å². The molecule has 0 unspecified atom stereocenters. The SMILES string of the molecule is CNC(=O)c1cc(Oc2cccc(NC(=O)Nc3cc(C(C)(C)C)nn3-c3ccc4[nH]c(=O)ccc4c3)c2)ccn1. The average molecular weight is 552 g/mol. The maximum absolute atomic E-state index is 13.1. The van der Waals surface area contributed by atoms with Crippen LogP contribution in [-0.2, 0) is 5.41 Å². The molecule has 0 aliphatic rings. The molecule has 11 heteroatoms. The highest BCUT2D eigenvalue weighted by Gasteiger charge is 2.22. The molecule has 0 aliphatic carbocycles. The average Bonchev–Trinajstić information content (AvgIpc) is 3.37. The van der Waals surface area contributed by atoms with Crippen molar-refractivity contribution in [3.63, 3.8) is 0 Å². The van der Waals surface area contributed by atoms with Crippen LogP contribution in [0.1, 0.15) is 37.0 Å². The molecule has 2 aromatic carbocycles. The van der Waals surface area contributed by atoms with Crippen molar-refractivity contribution < 1.29 is 14.3 Å². The van der Waals surface area contributed by atoms with Gasteiger partial charge in [0.25, 0.3) is 5.91 Å². The van der Waals surface area contributed by atoms with E-state index in [4.69, 9.17) is 9.84 Å². The van der Waals surface area contributed by atoms with Crippen molar-refractivity contribution in [1.82, 2.24) is 25.1 Å². The van der Waals surface area contributed by atoms with Crippen molar-refractivity contribution in [3.8, 4) is 17.2 Å². The van der Waals surface area contributed by atoms with Crippen LogP contribution in [0.15, 0.2) is 83.8 Å². The topological polar surface area (TPSA) is 143 Å². The van der Waals surface area contributed by atoms with Gasteiger partial charge in [-0.15, -0.1) is 0 Å². The Balaban J connectivity index is 1.37. The van der Waals surface area contributed by atoms with E-state index >= 15 is 0 Å². The van der Waals surface area contributed by atoms with Crippen molar-refractivity contribution >= 4 is 34.3 Å². The summed E-state index contributed by atoms with van der Waals surface area (Å²) >= 11 is 0. The lowest BCUT2D eigenvalue weighted by molar-refractivity contribution is 0.0957. The Hall–Kier alpha value is -5.45. The monoisotopic (exact) mass is 551 g/mol. The minimum Gasteiger partial charge on any atom is -0.457 e. The number of aromatic amines is 1. The molecule has 0 spiro atoms. The fourth-order valence-electron chi connectivity index (χ4n) is 4.09. The fraction of sp³-hybridized carbons (Fsp3) is 0.167. The highest BCUT2D eigenvalue weighted by molar-refractivity contribution is 5.99. The summed E-state index contributed by atoms with van der Waals surface area (Å²) in [6.45, 7) is 6.13. The minimum absolute atomic E-state index is 0.178. The number of nitrogens with zero attached hydrogens (tertiary/aromatic N) is 3.